The van der Waals surface area contributed by atoms with Crippen LogP contribution in [0.1, 0.15) is 18.4 Å². The molecule has 3 heteroatoms. The first-order valence-electron chi connectivity index (χ1n) is 6.36. The van der Waals surface area contributed by atoms with E-state index in [2.05, 4.69) is 35.6 Å². The first-order valence-corrected chi connectivity index (χ1v) is 7.52. The van der Waals surface area contributed by atoms with Gasteiger partial charge in [0.15, 0.2) is 0 Å². The average Bonchev–Trinajstić information content (AvgIpc) is 2.76. The fourth-order valence-electron chi connectivity index (χ4n) is 2.23. The zero-order valence-electron chi connectivity index (χ0n) is 10.1. The molecular formula is C14H21NOS. The lowest BCUT2D eigenvalue weighted by molar-refractivity contribution is 0.142. The molecule has 1 aliphatic rings. The summed E-state index contributed by atoms with van der Waals surface area (Å²) in [6, 6.07) is 10.6. The molecule has 0 aromatic heterocycles. The number of nitrogens with one attached hydrogen (secondary N) is 1. The first-order chi connectivity index (χ1) is 8.36. The summed E-state index contributed by atoms with van der Waals surface area (Å²) in [7, 11) is 0. The van der Waals surface area contributed by atoms with E-state index < -0.39 is 0 Å². The van der Waals surface area contributed by atoms with Gasteiger partial charge in [-0.3, -0.25) is 0 Å². The minimum Gasteiger partial charge on any atom is -0.391 e. The molecule has 94 valence electrons. The Morgan fingerprint density at radius 3 is 2.76 bits per heavy atom. The molecule has 2 N–H and O–H groups in total. The van der Waals surface area contributed by atoms with Crippen LogP contribution in [0, 0.1) is 5.92 Å². The van der Waals surface area contributed by atoms with E-state index in [0.29, 0.717) is 5.92 Å². The van der Waals surface area contributed by atoms with Gasteiger partial charge in [-0.15, -0.1) is 0 Å². The Hall–Kier alpha value is -0.510. The Bertz CT molecular complexity index is 317. The van der Waals surface area contributed by atoms with Crippen LogP contribution in [0.3, 0.4) is 0 Å². The highest BCUT2D eigenvalue weighted by Crippen LogP contribution is 2.19. The molecule has 0 aliphatic carbocycles. The lowest BCUT2D eigenvalue weighted by atomic mass is 10.0. The van der Waals surface area contributed by atoms with Crippen molar-refractivity contribution in [3.05, 3.63) is 35.9 Å². The maximum Gasteiger partial charge on any atom is 0.0704 e. The van der Waals surface area contributed by atoms with Crippen LogP contribution in [0.15, 0.2) is 30.3 Å². The van der Waals surface area contributed by atoms with E-state index >= 15 is 0 Å². The van der Waals surface area contributed by atoms with E-state index in [1.807, 2.05) is 11.8 Å². The van der Waals surface area contributed by atoms with Gasteiger partial charge in [0, 0.05) is 18.8 Å². The highest BCUT2D eigenvalue weighted by Gasteiger charge is 2.23. The van der Waals surface area contributed by atoms with E-state index in [-0.39, 0.29) is 6.10 Å². The summed E-state index contributed by atoms with van der Waals surface area (Å²) < 4.78 is 0. The number of thioether (sulfide) groups is 1. The van der Waals surface area contributed by atoms with Gasteiger partial charge in [0.2, 0.25) is 0 Å². The van der Waals surface area contributed by atoms with Gasteiger partial charge in [-0.2, -0.15) is 11.8 Å². The average molecular weight is 251 g/mol. The lowest BCUT2D eigenvalue weighted by Gasteiger charge is -2.12. The van der Waals surface area contributed by atoms with Crippen molar-refractivity contribution in [3.8, 4) is 0 Å². The van der Waals surface area contributed by atoms with Gasteiger partial charge in [0.25, 0.3) is 0 Å². The third-order valence-corrected chi connectivity index (χ3v) is 4.39. The molecule has 1 aromatic carbocycles. The second-order valence-electron chi connectivity index (χ2n) is 4.67. The Morgan fingerprint density at radius 1 is 1.24 bits per heavy atom. The predicted octanol–water partition coefficient (Wildman–Crippen LogP) is 2.28. The molecule has 0 amide bonds. The fraction of sp³-hybridized carbons (Fsp3) is 0.571. The predicted molar refractivity (Wildman–Crippen MR) is 74.2 cm³/mol. The highest BCUT2D eigenvalue weighted by molar-refractivity contribution is 7.98. The molecule has 1 heterocycles. The van der Waals surface area contributed by atoms with Gasteiger partial charge >= 0.3 is 0 Å². The smallest absolute Gasteiger partial charge is 0.0704 e. The number of aliphatic hydroxyl groups excluding tert-OH is 1. The fourth-order valence-corrected chi connectivity index (χ4v) is 3.17. The molecule has 2 atom stereocenters. The van der Waals surface area contributed by atoms with Crippen molar-refractivity contribution in [2.24, 2.45) is 5.92 Å². The van der Waals surface area contributed by atoms with Crippen LogP contribution < -0.4 is 5.32 Å². The van der Waals surface area contributed by atoms with Gasteiger partial charge in [-0.05, 0) is 30.1 Å². The highest BCUT2D eigenvalue weighted by atomic mass is 32.2. The standard InChI is InChI=1S/C14H21NOS/c16-14-10-15-9-13(14)7-4-8-17-11-12-5-2-1-3-6-12/h1-3,5-6,13-16H,4,7-11H2. The summed E-state index contributed by atoms with van der Waals surface area (Å²) in [6.07, 6.45) is 2.24. The lowest BCUT2D eigenvalue weighted by Crippen LogP contribution is -2.17. The Labute approximate surface area is 108 Å². The van der Waals surface area contributed by atoms with Gasteiger partial charge in [0.05, 0.1) is 6.10 Å². The zero-order valence-corrected chi connectivity index (χ0v) is 11.0. The molecule has 1 fully saturated rings. The Morgan fingerprint density at radius 2 is 2.06 bits per heavy atom. The minimum absolute atomic E-state index is 0.117. The number of benzene rings is 1. The number of β-amino-alcohol motifs (C(OH)–C–C–N with tert-alkyl or cyclic N) is 1. The van der Waals surface area contributed by atoms with Crippen molar-refractivity contribution in [1.29, 1.82) is 0 Å². The second kappa shape index (κ2) is 7.04. The molecule has 0 saturated carbocycles. The Kier molecular flexibility index (Phi) is 5.36. The maximum absolute atomic E-state index is 9.65. The molecular weight excluding hydrogens is 230 g/mol. The summed E-state index contributed by atoms with van der Waals surface area (Å²) in [4.78, 5) is 0. The van der Waals surface area contributed by atoms with E-state index in [0.717, 1.165) is 25.3 Å². The summed E-state index contributed by atoms with van der Waals surface area (Å²) in [5.41, 5.74) is 1.40. The minimum atomic E-state index is -0.117. The van der Waals surface area contributed by atoms with Crippen LogP contribution in [-0.2, 0) is 5.75 Å². The molecule has 1 aromatic rings. The van der Waals surface area contributed by atoms with Crippen LogP contribution in [0.4, 0.5) is 0 Å². The van der Waals surface area contributed by atoms with Gasteiger partial charge in [-0.25, -0.2) is 0 Å². The van der Waals surface area contributed by atoms with Gasteiger partial charge in [-0.1, -0.05) is 30.3 Å². The summed E-state index contributed by atoms with van der Waals surface area (Å²) >= 11 is 1.99. The monoisotopic (exact) mass is 251 g/mol. The molecule has 2 rings (SSSR count). The van der Waals surface area contributed by atoms with Crippen molar-refractivity contribution in [3.63, 3.8) is 0 Å². The van der Waals surface area contributed by atoms with Crippen LogP contribution in [0.5, 0.6) is 0 Å². The number of hydrogen-bond acceptors (Lipinski definition) is 3. The molecule has 1 saturated heterocycles. The van der Waals surface area contributed by atoms with Gasteiger partial charge in [0.1, 0.15) is 0 Å². The largest absolute Gasteiger partial charge is 0.391 e. The Balaban J connectivity index is 1.55. The summed E-state index contributed by atoms with van der Waals surface area (Å²) in [5, 5.41) is 12.9. The number of hydrogen-bond donors (Lipinski definition) is 2. The molecule has 2 nitrogen and oxygen atoms in total. The van der Waals surface area contributed by atoms with Gasteiger partial charge < -0.3 is 10.4 Å². The number of aliphatic hydroxyl groups is 1. The molecule has 0 bridgehead atoms. The van der Waals surface area contributed by atoms with E-state index in [1.54, 1.807) is 0 Å². The molecule has 1 aliphatic heterocycles. The first kappa shape index (κ1) is 12.9. The van der Waals surface area contributed by atoms with Crippen molar-refractivity contribution in [1.82, 2.24) is 5.32 Å². The molecule has 17 heavy (non-hydrogen) atoms. The van der Waals surface area contributed by atoms with Crippen LogP contribution in [0.2, 0.25) is 0 Å². The SMILES string of the molecule is OC1CNCC1CCCSCc1ccccc1. The zero-order chi connectivity index (χ0) is 11.9. The maximum atomic E-state index is 9.65. The number of rotatable bonds is 6. The summed E-state index contributed by atoms with van der Waals surface area (Å²) in [5.74, 6) is 2.78. The topological polar surface area (TPSA) is 32.3 Å². The third-order valence-electron chi connectivity index (χ3n) is 3.28. The summed E-state index contributed by atoms with van der Waals surface area (Å²) in [6.45, 7) is 1.77. The second-order valence-corrected chi connectivity index (χ2v) is 5.77. The van der Waals surface area contributed by atoms with E-state index in [4.69, 9.17) is 0 Å². The third kappa shape index (κ3) is 4.34. The van der Waals surface area contributed by atoms with Crippen LogP contribution in [0.25, 0.3) is 0 Å². The normalized spacial score (nSPS) is 24.1. The van der Waals surface area contributed by atoms with Crippen LogP contribution in [-0.4, -0.2) is 30.1 Å². The molecule has 0 radical (unpaired) electrons. The van der Waals surface area contributed by atoms with E-state index in [1.165, 1.54) is 17.7 Å². The van der Waals surface area contributed by atoms with Crippen molar-refractivity contribution >= 4 is 11.8 Å². The van der Waals surface area contributed by atoms with E-state index in [9.17, 15) is 5.11 Å². The van der Waals surface area contributed by atoms with Crippen LogP contribution >= 0.6 is 11.8 Å². The molecule has 0 spiro atoms. The van der Waals surface area contributed by atoms with Crippen molar-refractivity contribution < 1.29 is 5.11 Å². The van der Waals surface area contributed by atoms with Crippen molar-refractivity contribution in [2.45, 2.75) is 24.7 Å². The quantitative estimate of drug-likeness (QED) is 0.761. The molecule has 2 unspecified atom stereocenters. The van der Waals surface area contributed by atoms with Crippen molar-refractivity contribution in [2.75, 3.05) is 18.8 Å².